The second-order valence-corrected chi connectivity index (χ2v) is 9.09. The smallest absolute Gasteiger partial charge is 0.367 e. The maximum atomic E-state index is 6.19. The lowest BCUT2D eigenvalue weighted by Gasteiger charge is -2.41. The van der Waals surface area contributed by atoms with Crippen LogP contribution in [-0.4, -0.2) is 47.3 Å². The molecule has 114 valence electrons. The SMILES string of the molecule is CCO[Si](CC)(OCC)C(CC)OCC1(C)COC1. The van der Waals surface area contributed by atoms with Gasteiger partial charge in [0.05, 0.1) is 19.8 Å². The summed E-state index contributed by atoms with van der Waals surface area (Å²) in [4.78, 5) is 0. The highest BCUT2D eigenvalue weighted by molar-refractivity contribution is 6.68. The van der Waals surface area contributed by atoms with Crippen LogP contribution in [0.3, 0.4) is 0 Å². The van der Waals surface area contributed by atoms with Gasteiger partial charge in [0.15, 0.2) is 0 Å². The van der Waals surface area contributed by atoms with Crippen LogP contribution in [0, 0.1) is 5.41 Å². The molecule has 19 heavy (non-hydrogen) atoms. The summed E-state index contributed by atoms with van der Waals surface area (Å²) in [7, 11) is -2.25. The summed E-state index contributed by atoms with van der Waals surface area (Å²) >= 11 is 0. The fourth-order valence-electron chi connectivity index (χ4n) is 2.54. The Bertz CT molecular complexity index is 250. The van der Waals surface area contributed by atoms with Gasteiger partial charge in [-0.05, 0) is 26.3 Å². The summed E-state index contributed by atoms with van der Waals surface area (Å²) in [5.74, 6) is 0. The van der Waals surface area contributed by atoms with Gasteiger partial charge in [-0.3, -0.25) is 0 Å². The predicted molar refractivity (Wildman–Crippen MR) is 78.4 cm³/mol. The standard InChI is InChI=1S/C14H30O4Si/c1-6-13(16-12-14(5)10-15-11-14)19(9-4,17-7-2)18-8-3/h13H,6-12H2,1-5H3. The van der Waals surface area contributed by atoms with Crippen LogP contribution in [0.1, 0.15) is 41.0 Å². The zero-order valence-electron chi connectivity index (χ0n) is 13.2. The lowest BCUT2D eigenvalue weighted by atomic mass is 9.90. The molecule has 1 rings (SSSR count). The minimum atomic E-state index is -2.25. The molecular formula is C14H30O4Si. The molecule has 0 saturated carbocycles. The Labute approximate surface area is 119 Å². The van der Waals surface area contributed by atoms with Crippen molar-refractivity contribution in [1.82, 2.24) is 0 Å². The molecule has 1 fully saturated rings. The predicted octanol–water partition coefficient (Wildman–Crippen LogP) is 2.89. The van der Waals surface area contributed by atoms with E-state index in [4.69, 9.17) is 18.3 Å². The van der Waals surface area contributed by atoms with Crippen LogP contribution in [0.2, 0.25) is 6.04 Å². The normalized spacial score (nSPS) is 20.1. The molecule has 1 unspecified atom stereocenters. The first-order valence-corrected chi connectivity index (χ1v) is 9.63. The largest absolute Gasteiger partial charge is 0.393 e. The molecule has 0 aromatic carbocycles. The lowest BCUT2D eigenvalue weighted by molar-refractivity contribution is -0.145. The van der Waals surface area contributed by atoms with Crippen molar-refractivity contribution in [1.29, 1.82) is 0 Å². The van der Waals surface area contributed by atoms with Crippen molar-refractivity contribution in [3.8, 4) is 0 Å². The summed E-state index contributed by atoms with van der Waals surface area (Å²) in [6, 6.07) is 0.931. The fraction of sp³-hybridized carbons (Fsp3) is 1.00. The summed E-state index contributed by atoms with van der Waals surface area (Å²) in [6.07, 6.45) is 0.941. The molecule has 0 spiro atoms. The van der Waals surface area contributed by atoms with Crippen molar-refractivity contribution in [3.05, 3.63) is 0 Å². The van der Waals surface area contributed by atoms with Crippen LogP contribution in [0.15, 0.2) is 0 Å². The molecular weight excluding hydrogens is 260 g/mol. The molecule has 0 amide bonds. The molecule has 5 heteroatoms. The number of hydrogen-bond donors (Lipinski definition) is 0. The summed E-state index contributed by atoms with van der Waals surface area (Å²) in [6.45, 7) is 14.3. The van der Waals surface area contributed by atoms with E-state index in [-0.39, 0.29) is 11.1 Å². The van der Waals surface area contributed by atoms with Crippen molar-refractivity contribution in [2.45, 2.75) is 52.8 Å². The zero-order chi connectivity index (χ0) is 14.4. The van der Waals surface area contributed by atoms with Crippen molar-refractivity contribution in [2.24, 2.45) is 5.41 Å². The number of rotatable bonds is 10. The third-order valence-electron chi connectivity index (χ3n) is 3.67. The van der Waals surface area contributed by atoms with Crippen molar-refractivity contribution in [2.75, 3.05) is 33.0 Å². The maximum Gasteiger partial charge on any atom is 0.367 e. The van der Waals surface area contributed by atoms with Gasteiger partial charge in [0.2, 0.25) is 0 Å². The fourth-order valence-corrected chi connectivity index (χ4v) is 5.79. The highest BCUT2D eigenvalue weighted by Gasteiger charge is 2.46. The minimum absolute atomic E-state index is 0.106. The average Bonchev–Trinajstić information content (AvgIpc) is 2.37. The first-order valence-electron chi connectivity index (χ1n) is 7.53. The van der Waals surface area contributed by atoms with E-state index in [2.05, 4.69) is 20.8 Å². The second kappa shape index (κ2) is 7.74. The Kier molecular flexibility index (Phi) is 6.97. The highest BCUT2D eigenvalue weighted by Crippen LogP contribution is 2.30. The molecule has 4 nitrogen and oxygen atoms in total. The molecule has 1 aliphatic heterocycles. The first-order chi connectivity index (χ1) is 9.05. The molecule has 0 radical (unpaired) electrons. The van der Waals surface area contributed by atoms with Gasteiger partial charge in [-0.2, -0.15) is 0 Å². The van der Waals surface area contributed by atoms with Crippen molar-refractivity contribution in [3.63, 3.8) is 0 Å². The zero-order valence-corrected chi connectivity index (χ0v) is 14.2. The average molecular weight is 290 g/mol. The van der Waals surface area contributed by atoms with Crippen LogP contribution in [0.5, 0.6) is 0 Å². The summed E-state index contributed by atoms with van der Waals surface area (Å²) in [5.41, 5.74) is 0.287. The second-order valence-electron chi connectivity index (χ2n) is 5.54. The van der Waals surface area contributed by atoms with Crippen LogP contribution >= 0.6 is 0 Å². The van der Waals surface area contributed by atoms with Gasteiger partial charge in [-0.15, -0.1) is 0 Å². The van der Waals surface area contributed by atoms with Crippen molar-refractivity contribution < 1.29 is 18.3 Å². The maximum absolute atomic E-state index is 6.19. The van der Waals surface area contributed by atoms with E-state index in [1.165, 1.54) is 0 Å². The van der Waals surface area contributed by atoms with Gasteiger partial charge < -0.3 is 18.3 Å². The Balaban J connectivity index is 2.65. The molecule has 0 aliphatic carbocycles. The monoisotopic (exact) mass is 290 g/mol. The topological polar surface area (TPSA) is 36.9 Å². The molecule has 0 bridgehead atoms. The molecule has 1 aliphatic rings. The van der Waals surface area contributed by atoms with Gasteiger partial charge >= 0.3 is 8.56 Å². The van der Waals surface area contributed by atoms with Gasteiger partial charge in [0.1, 0.15) is 5.73 Å². The van der Waals surface area contributed by atoms with E-state index < -0.39 is 8.56 Å². The summed E-state index contributed by atoms with van der Waals surface area (Å²) < 4.78 is 23.6. The van der Waals surface area contributed by atoms with Crippen LogP contribution in [-0.2, 0) is 18.3 Å². The molecule has 0 aromatic heterocycles. The van der Waals surface area contributed by atoms with Gasteiger partial charge in [0, 0.05) is 18.6 Å². The Hall–Kier alpha value is 0.0569. The van der Waals surface area contributed by atoms with Gasteiger partial charge in [-0.1, -0.05) is 20.8 Å². The Morgan fingerprint density at radius 1 is 1.11 bits per heavy atom. The van der Waals surface area contributed by atoms with E-state index in [9.17, 15) is 0 Å². The van der Waals surface area contributed by atoms with Gasteiger partial charge in [-0.25, -0.2) is 0 Å². The van der Waals surface area contributed by atoms with Crippen LogP contribution in [0.4, 0.5) is 0 Å². The Morgan fingerprint density at radius 3 is 2.00 bits per heavy atom. The minimum Gasteiger partial charge on any atom is -0.393 e. The van der Waals surface area contributed by atoms with Gasteiger partial charge in [0.25, 0.3) is 0 Å². The molecule has 0 aromatic rings. The lowest BCUT2D eigenvalue weighted by Crippen LogP contribution is -2.56. The highest BCUT2D eigenvalue weighted by atomic mass is 28.4. The number of ether oxygens (including phenoxy) is 2. The van der Waals surface area contributed by atoms with Crippen LogP contribution < -0.4 is 0 Å². The van der Waals surface area contributed by atoms with E-state index in [0.29, 0.717) is 13.2 Å². The van der Waals surface area contributed by atoms with E-state index in [1.54, 1.807) is 0 Å². The van der Waals surface area contributed by atoms with E-state index in [0.717, 1.165) is 32.3 Å². The third kappa shape index (κ3) is 4.26. The molecule has 1 atom stereocenters. The molecule has 0 N–H and O–H groups in total. The number of hydrogen-bond acceptors (Lipinski definition) is 4. The van der Waals surface area contributed by atoms with E-state index in [1.807, 2.05) is 13.8 Å². The van der Waals surface area contributed by atoms with E-state index >= 15 is 0 Å². The first kappa shape index (κ1) is 17.1. The van der Waals surface area contributed by atoms with Crippen molar-refractivity contribution >= 4 is 8.56 Å². The molecule has 1 heterocycles. The molecule has 1 saturated heterocycles. The Morgan fingerprint density at radius 2 is 1.68 bits per heavy atom. The summed E-state index contributed by atoms with van der Waals surface area (Å²) in [5, 5.41) is 0. The third-order valence-corrected chi connectivity index (χ3v) is 7.76. The quantitative estimate of drug-likeness (QED) is 0.580. The van der Waals surface area contributed by atoms with Crippen LogP contribution in [0.25, 0.3) is 0 Å².